The van der Waals surface area contributed by atoms with Crippen molar-refractivity contribution in [2.24, 2.45) is 5.73 Å². The molecule has 1 rings (SSSR count). The fourth-order valence-corrected chi connectivity index (χ4v) is 1.92. The summed E-state index contributed by atoms with van der Waals surface area (Å²) in [6, 6.07) is 0.250. The van der Waals surface area contributed by atoms with Gasteiger partial charge in [-0.3, -0.25) is 4.79 Å². The average molecular weight is 252 g/mol. The number of Topliss-reactive ketones (excluding diaryl/α,β-unsaturated/α-hetero) is 1. The predicted molar refractivity (Wildman–Crippen MR) is 71.3 cm³/mol. The van der Waals surface area contributed by atoms with E-state index in [4.69, 9.17) is 5.73 Å². The van der Waals surface area contributed by atoms with Crippen molar-refractivity contribution < 1.29 is 4.79 Å². The largest absolute Gasteiger partial charge is 0.330 e. The lowest BCUT2D eigenvalue weighted by atomic mass is 10.1. The number of nitrogens with zero attached hydrogens (tertiary/aromatic N) is 3. The maximum atomic E-state index is 11.8. The highest BCUT2D eigenvalue weighted by molar-refractivity contribution is 5.80. The number of hydrogen-bond acceptors (Lipinski definition) is 4. The van der Waals surface area contributed by atoms with Crippen LogP contribution in [0.1, 0.15) is 57.8 Å². The molecule has 5 heteroatoms. The topological polar surface area (TPSA) is 73.8 Å². The van der Waals surface area contributed by atoms with E-state index in [0.717, 1.165) is 38.1 Å². The summed E-state index contributed by atoms with van der Waals surface area (Å²) in [6.45, 7) is 4.82. The van der Waals surface area contributed by atoms with Gasteiger partial charge in [0.2, 0.25) is 0 Å². The molecule has 1 heterocycles. The van der Waals surface area contributed by atoms with Gasteiger partial charge in [-0.15, -0.1) is 0 Å². The Kier molecular flexibility index (Phi) is 6.57. The number of ketones is 1. The molecule has 0 bridgehead atoms. The quantitative estimate of drug-likeness (QED) is 0.681. The molecule has 0 unspecified atom stereocenters. The summed E-state index contributed by atoms with van der Waals surface area (Å²) in [5, 5.41) is 4.13. The van der Waals surface area contributed by atoms with Crippen molar-refractivity contribution in [3.05, 3.63) is 12.2 Å². The van der Waals surface area contributed by atoms with Crippen LogP contribution in [-0.2, 0) is 11.2 Å². The second-order valence-corrected chi connectivity index (χ2v) is 4.88. The van der Waals surface area contributed by atoms with Crippen molar-refractivity contribution in [1.82, 2.24) is 14.8 Å². The van der Waals surface area contributed by atoms with Gasteiger partial charge in [-0.05, 0) is 33.2 Å². The molecule has 0 fully saturated rings. The third kappa shape index (κ3) is 4.96. The zero-order valence-electron chi connectivity index (χ0n) is 11.4. The molecular formula is C13H24N4O. The molecule has 0 spiro atoms. The summed E-state index contributed by atoms with van der Waals surface area (Å²) < 4.78 is 1.81. The molecule has 2 N–H and O–H groups in total. The molecule has 0 amide bonds. The highest BCUT2D eigenvalue weighted by Crippen LogP contribution is 2.09. The van der Waals surface area contributed by atoms with Gasteiger partial charge < -0.3 is 5.73 Å². The van der Waals surface area contributed by atoms with Crippen molar-refractivity contribution in [1.29, 1.82) is 0 Å². The molecule has 0 saturated carbocycles. The Hall–Kier alpha value is -1.23. The Bertz CT molecular complexity index is 360. The van der Waals surface area contributed by atoms with Crippen LogP contribution < -0.4 is 5.73 Å². The minimum atomic E-state index is 0.248. The maximum Gasteiger partial charge on any atom is 0.140 e. The third-order valence-corrected chi connectivity index (χ3v) is 2.90. The number of carbonyl (C=O) groups is 1. The maximum absolute atomic E-state index is 11.8. The van der Waals surface area contributed by atoms with Gasteiger partial charge in [0.1, 0.15) is 17.9 Å². The average Bonchev–Trinajstić information content (AvgIpc) is 2.77. The van der Waals surface area contributed by atoms with Gasteiger partial charge in [-0.1, -0.05) is 12.8 Å². The molecule has 0 aliphatic carbocycles. The van der Waals surface area contributed by atoms with Gasteiger partial charge >= 0.3 is 0 Å². The van der Waals surface area contributed by atoms with Gasteiger partial charge in [-0.25, -0.2) is 9.67 Å². The van der Waals surface area contributed by atoms with Crippen LogP contribution in [0, 0.1) is 0 Å². The molecule has 0 aliphatic heterocycles. The molecule has 102 valence electrons. The van der Waals surface area contributed by atoms with Gasteiger partial charge in [0, 0.05) is 12.5 Å². The fourth-order valence-electron chi connectivity index (χ4n) is 1.92. The SMILES string of the molecule is CC(C)n1ncnc1CC(=O)CCCCCCN. The fraction of sp³-hybridized carbons (Fsp3) is 0.769. The van der Waals surface area contributed by atoms with Crippen LogP contribution in [0.5, 0.6) is 0 Å². The van der Waals surface area contributed by atoms with E-state index in [-0.39, 0.29) is 11.8 Å². The summed E-state index contributed by atoms with van der Waals surface area (Å²) in [6.07, 6.45) is 6.75. The number of carbonyl (C=O) groups excluding carboxylic acids is 1. The number of unbranched alkanes of at least 4 members (excludes halogenated alkanes) is 3. The first-order chi connectivity index (χ1) is 8.65. The molecular weight excluding hydrogens is 228 g/mol. The first-order valence-electron chi connectivity index (χ1n) is 6.75. The molecule has 1 aromatic heterocycles. The monoisotopic (exact) mass is 252 g/mol. The van der Waals surface area contributed by atoms with Gasteiger partial charge in [0.25, 0.3) is 0 Å². The van der Waals surface area contributed by atoms with Crippen molar-refractivity contribution in [3.63, 3.8) is 0 Å². The second kappa shape index (κ2) is 7.97. The number of hydrogen-bond donors (Lipinski definition) is 1. The molecule has 0 aromatic carbocycles. The van der Waals surface area contributed by atoms with Crippen molar-refractivity contribution in [3.8, 4) is 0 Å². The van der Waals surface area contributed by atoms with E-state index in [1.54, 1.807) is 0 Å². The summed E-state index contributed by atoms with van der Waals surface area (Å²) in [5.74, 6) is 1.02. The Morgan fingerprint density at radius 3 is 2.72 bits per heavy atom. The van der Waals surface area contributed by atoms with Crippen LogP contribution in [0.3, 0.4) is 0 Å². The van der Waals surface area contributed by atoms with Crippen LogP contribution in [0.4, 0.5) is 0 Å². The molecule has 0 radical (unpaired) electrons. The Morgan fingerprint density at radius 1 is 1.33 bits per heavy atom. The number of nitrogens with two attached hydrogens (primary N) is 1. The van der Waals surface area contributed by atoms with Gasteiger partial charge in [0.05, 0.1) is 6.42 Å². The van der Waals surface area contributed by atoms with Crippen LogP contribution in [0.25, 0.3) is 0 Å². The lowest BCUT2D eigenvalue weighted by molar-refractivity contribution is -0.118. The summed E-state index contributed by atoms with van der Waals surface area (Å²) in [5.41, 5.74) is 5.42. The highest BCUT2D eigenvalue weighted by Gasteiger charge is 2.11. The van der Waals surface area contributed by atoms with E-state index < -0.39 is 0 Å². The first kappa shape index (κ1) is 14.8. The molecule has 0 aliphatic rings. The molecule has 0 saturated heterocycles. The third-order valence-electron chi connectivity index (χ3n) is 2.90. The zero-order valence-corrected chi connectivity index (χ0v) is 11.4. The van der Waals surface area contributed by atoms with Crippen LogP contribution in [-0.4, -0.2) is 27.1 Å². The smallest absolute Gasteiger partial charge is 0.140 e. The van der Waals surface area contributed by atoms with Gasteiger partial charge in [0.15, 0.2) is 0 Å². The van der Waals surface area contributed by atoms with E-state index in [1.807, 2.05) is 18.5 Å². The van der Waals surface area contributed by atoms with E-state index >= 15 is 0 Å². The Balaban J connectivity index is 2.29. The van der Waals surface area contributed by atoms with E-state index in [9.17, 15) is 4.79 Å². The summed E-state index contributed by atoms with van der Waals surface area (Å²) >= 11 is 0. The number of aromatic nitrogens is 3. The van der Waals surface area contributed by atoms with Crippen molar-refractivity contribution >= 4 is 5.78 Å². The Labute approximate surface area is 109 Å². The second-order valence-electron chi connectivity index (χ2n) is 4.88. The number of rotatable bonds is 9. The van der Waals surface area contributed by atoms with E-state index in [0.29, 0.717) is 12.8 Å². The lowest BCUT2D eigenvalue weighted by Crippen LogP contribution is -2.12. The van der Waals surface area contributed by atoms with Gasteiger partial charge in [-0.2, -0.15) is 5.10 Å². The first-order valence-corrected chi connectivity index (χ1v) is 6.75. The van der Waals surface area contributed by atoms with E-state index in [2.05, 4.69) is 10.1 Å². The summed E-state index contributed by atoms with van der Waals surface area (Å²) in [4.78, 5) is 16.0. The predicted octanol–water partition coefficient (Wildman–Crippen LogP) is 1.88. The molecule has 18 heavy (non-hydrogen) atoms. The van der Waals surface area contributed by atoms with Crippen molar-refractivity contribution in [2.75, 3.05) is 6.54 Å². The van der Waals surface area contributed by atoms with Crippen LogP contribution >= 0.6 is 0 Å². The van der Waals surface area contributed by atoms with Crippen LogP contribution in [0.2, 0.25) is 0 Å². The van der Waals surface area contributed by atoms with Crippen molar-refractivity contribution in [2.45, 2.75) is 58.4 Å². The van der Waals surface area contributed by atoms with E-state index in [1.165, 1.54) is 6.33 Å². The normalized spacial score (nSPS) is 11.1. The molecule has 1 aromatic rings. The molecule has 5 nitrogen and oxygen atoms in total. The lowest BCUT2D eigenvalue weighted by Gasteiger charge is -2.08. The summed E-state index contributed by atoms with van der Waals surface area (Å²) in [7, 11) is 0. The standard InChI is InChI=1S/C13H24N4O/c1-11(2)17-13(15-10-16-17)9-12(18)7-5-3-4-6-8-14/h10-11H,3-9,14H2,1-2H3. The highest BCUT2D eigenvalue weighted by atomic mass is 16.1. The minimum Gasteiger partial charge on any atom is -0.330 e. The molecule has 0 atom stereocenters. The minimum absolute atomic E-state index is 0.248. The Morgan fingerprint density at radius 2 is 2.06 bits per heavy atom. The van der Waals surface area contributed by atoms with Crippen LogP contribution in [0.15, 0.2) is 6.33 Å². The zero-order chi connectivity index (χ0) is 13.4.